The van der Waals surface area contributed by atoms with Gasteiger partial charge in [-0.05, 0) is 12.1 Å². The maximum atomic E-state index is 11.0. The molecule has 5 nitrogen and oxygen atoms in total. The zero-order valence-corrected chi connectivity index (χ0v) is 8.21. The van der Waals surface area contributed by atoms with Gasteiger partial charge in [-0.15, -0.1) is 0 Å². The topological polar surface area (TPSA) is 59.0 Å². The van der Waals surface area contributed by atoms with E-state index in [9.17, 15) is 9.59 Å². The Balaban J connectivity index is 2.84. The second-order valence-electron chi connectivity index (χ2n) is 2.66. The van der Waals surface area contributed by atoms with Crippen molar-refractivity contribution in [1.82, 2.24) is 0 Å². The predicted molar refractivity (Wildman–Crippen MR) is 53.9 cm³/mol. The Morgan fingerprint density at radius 1 is 1.47 bits per heavy atom. The summed E-state index contributed by atoms with van der Waals surface area (Å²) in [5.74, 6) is -0.474. The highest BCUT2D eigenvalue weighted by Crippen LogP contribution is 2.12. The number of hydrogen-bond acceptors (Lipinski definition) is 5. The van der Waals surface area contributed by atoms with Crippen LogP contribution >= 0.6 is 0 Å². The van der Waals surface area contributed by atoms with Crippen LogP contribution in [0.15, 0.2) is 35.4 Å². The summed E-state index contributed by atoms with van der Waals surface area (Å²) in [6.07, 6.45) is 1.39. The molecule has 0 unspecified atom stereocenters. The van der Waals surface area contributed by atoms with E-state index in [1.54, 1.807) is 24.3 Å². The van der Waals surface area contributed by atoms with Crippen molar-refractivity contribution in [3.05, 3.63) is 30.3 Å². The number of benzene rings is 1. The Morgan fingerprint density at radius 3 is 2.67 bits per heavy atom. The van der Waals surface area contributed by atoms with Gasteiger partial charge in [-0.2, -0.15) is 0 Å². The van der Waals surface area contributed by atoms with E-state index in [1.165, 1.54) is 18.2 Å². The van der Waals surface area contributed by atoms with Crippen molar-refractivity contribution in [2.24, 2.45) is 5.10 Å². The molecule has 0 heterocycles. The van der Waals surface area contributed by atoms with Crippen LogP contribution < -0.4 is 5.01 Å². The highest BCUT2D eigenvalue weighted by atomic mass is 16.5. The van der Waals surface area contributed by atoms with Crippen LogP contribution in [0, 0.1) is 0 Å². The molecule has 1 rings (SSSR count). The summed E-state index contributed by atoms with van der Waals surface area (Å²) < 4.78 is 4.48. The zero-order valence-electron chi connectivity index (χ0n) is 8.21. The maximum Gasteiger partial charge on any atom is 0.327 e. The fourth-order valence-corrected chi connectivity index (χ4v) is 1.02. The van der Waals surface area contributed by atoms with Gasteiger partial charge in [0.2, 0.25) is 0 Å². The van der Waals surface area contributed by atoms with Crippen LogP contribution in [-0.2, 0) is 14.3 Å². The predicted octanol–water partition coefficient (Wildman–Crippen LogP) is 0.917. The van der Waals surface area contributed by atoms with Gasteiger partial charge in [0, 0.05) is 0 Å². The van der Waals surface area contributed by atoms with Gasteiger partial charge in [0.05, 0.1) is 12.8 Å². The van der Waals surface area contributed by atoms with Crippen LogP contribution in [0.5, 0.6) is 0 Å². The molecule has 0 atom stereocenters. The molecule has 0 N–H and O–H groups in total. The second kappa shape index (κ2) is 5.57. The number of para-hydroxylation sites is 1. The molecule has 0 saturated carbocycles. The number of nitrogens with zero attached hydrogens (tertiary/aromatic N) is 2. The molecule has 5 heteroatoms. The quantitative estimate of drug-likeness (QED) is 0.318. The standard InChI is InChI=1S/C10H10N2O3/c1-15-10(14)7-12(11-8-13)9-5-3-2-4-6-9/h2-6H,7H2,1H3. The molecule has 0 saturated heterocycles. The molecule has 0 spiro atoms. The third-order valence-electron chi connectivity index (χ3n) is 1.72. The Labute approximate surface area is 87.0 Å². The van der Waals surface area contributed by atoms with Gasteiger partial charge in [-0.1, -0.05) is 23.3 Å². The molecule has 0 aliphatic carbocycles. The summed E-state index contributed by atoms with van der Waals surface area (Å²) >= 11 is 0. The highest BCUT2D eigenvalue weighted by Gasteiger charge is 2.10. The van der Waals surface area contributed by atoms with Gasteiger partial charge in [-0.3, -0.25) is 4.79 Å². The largest absolute Gasteiger partial charge is 0.468 e. The number of rotatable bonds is 4. The number of anilines is 1. The van der Waals surface area contributed by atoms with Crippen molar-refractivity contribution >= 4 is 17.7 Å². The molecule has 0 fully saturated rings. The molecule has 0 aliphatic heterocycles. The van der Waals surface area contributed by atoms with Crippen molar-refractivity contribution in [2.45, 2.75) is 0 Å². The van der Waals surface area contributed by atoms with Gasteiger partial charge in [0.15, 0.2) is 0 Å². The third-order valence-corrected chi connectivity index (χ3v) is 1.72. The van der Waals surface area contributed by atoms with Gasteiger partial charge in [0.1, 0.15) is 6.54 Å². The molecule has 1 aromatic carbocycles. The minimum Gasteiger partial charge on any atom is -0.468 e. The second-order valence-corrected chi connectivity index (χ2v) is 2.66. The summed E-state index contributed by atoms with van der Waals surface area (Å²) in [5.41, 5.74) is 0.631. The lowest BCUT2D eigenvalue weighted by molar-refractivity contribution is -0.138. The first-order chi connectivity index (χ1) is 7.27. The first-order valence-electron chi connectivity index (χ1n) is 4.25. The molecule has 0 bridgehead atoms. The fraction of sp³-hybridized carbons (Fsp3) is 0.200. The lowest BCUT2D eigenvalue weighted by atomic mass is 10.3. The van der Waals surface area contributed by atoms with E-state index in [-0.39, 0.29) is 6.54 Å². The molecule has 0 amide bonds. The summed E-state index contributed by atoms with van der Waals surface area (Å²) in [5, 5.41) is 4.63. The van der Waals surface area contributed by atoms with Crippen LogP contribution in [0.25, 0.3) is 0 Å². The van der Waals surface area contributed by atoms with Crippen LogP contribution in [0.1, 0.15) is 0 Å². The van der Waals surface area contributed by atoms with Crippen LogP contribution in [0.4, 0.5) is 5.69 Å². The lowest BCUT2D eigenvalue weighted by Crippen LogP contribution is -2.25. The minimum atomic E-state index is -0.474. The molecular weight excluding hydrogens is 196 g/mol. The van der Waals surface area contributed by atoms with Gasteiger partial charge < -0.3 is 4.74 Å². The molecular formula is C10H10N2O3. The third kappa shape index (κ3) is 3.25. The van der Waals surface area contributed by atoms with Crippen LogP contribution in [-0.4, -0.2) is 25.7 Å². The van der Waals surface area contributed by atoms with Gasteiger partial charge in [-0.25, -0.2) is 9.80 Å². The highest BCUT2D eigenvalue weighted by molar-refractivity contribution is 5.75. The monoisotopic (exact) mass is 206 g/mol. The van der Waals surface area contributed by atoms with E-state index >= 15 is 0 Å². The number of esters is 1. The lowest BCUT2D eigenvalue weighted by Gasteiger charge is -2.14. The number of methoxy groups -OCH3 is 1. The molecule has 0 radical (unpaired) electrons. The van der Waals surface area contributed by atoms with Crippen molar-refractivity contribution in [3.63, 3.8) is 0 Å². The molecule has 0 aliphatic rings. The fourth-order valence-electron chi connectivity index (χ4n) is 1.02. The van der Waals surface area contributed by atoms with Crippen LogP contribution in [0.2, 0.25) is 0 Å². The van der Waals surface area contributed by atoms with Gasteiger partial charge in [0.25, 0.3) is 6.08 Å². The van der Waals surface area contributed by atoms with E-state index in [0.29, 0.717) is 5.69 Å². The number of hydrogen-bond donors (Lipinski definition) is 0. The van der Waals surface area contributed by atoms with Crippen molar-refractivity contribution in [2.75, 3.05) is 18.7 Å². The van der Waals surface area contributed by atoms with E-state index in [0.717, 1.165) is 0 Å². The number of hydrazone groups is 1. The average Bonchev–Trinajstić information content (AvgIpc) is 2.29. The number of carbonyl (C=O) groups is 1. The zero-order chi connectivity index (χ0) is 11.1. The Hall–Kier alpha value is -2.13. The first kappa shape index (κ1) is 10.9. The Morgan fingerprint density at radius 2 is 2.13 bits per heavy atom. The summed E-state index contributed by atoms with van der Waals surface area (Å²) in [6.45, 7) is -0.115. The van der Waals surface area contributed by atoms with Gasteiger partial charge >= 0.3 is 5.97 Å². The number of carbonyl (C=O) groups excluding carboxylic acids is 2. The van der Waals surface area contributed by atoms with Crippen molar-refractivity contribution in [1.29, 1.82) is 0 Å². The maximum absolute atomic E-state index is 11.0. The van der Waals surface area contributed by atoms with Crippen molar-refractivity contribution < 1.29 is 14.3 Å². The average molecular weight is 206 g/mol. The van der Waals surface area contributed by atoms with Crippen molar-refractivity contribution in [3.8, 4) is 0 Å². The first-order valence-corrected chi connectivity index (χ1v) is 4.25. The minimum absolute atomic E-state index is 0.115. The van der Waals surface area contributed by atoms with E-state index in [1.807, 2.05) is 6.07 Å². The Kier molecular flexibility index (Phi) is 4.06. The van der Waals surface area contributed by atoms with Crippen LogP contribution in [0.3, 0.4) is 0 Å². The summed E-state index contributed by atoms with van der Waals surface area (Å²) in [4.78, 5) is 21.2. The molecule has 1 aromatic rings. The van der Waals surface area contributed by atoms with E-state index in [2.05, 4.69) is 9.84 Å². The Bertz CT molecular complexity index is 372. The SMILES string of the molecule is COC(=O)CN(N=C=O)c1ccccc1. The van der Waals surface area contributed by atoms with E-state index in [4.69, 9.17) is 0 Å². The number of ether oxygens (including phenoxy) is 1. The molecule has 0 aromatic heterocycles. The summed E-state index contributed by atoms with van der Waals surface area (Å²) in [6, 6.07) is 8.83. The van der Waals surface area contributed by atoms with E-state index < -0.39 is 5.97 Å². The summed E-state index contributed by atoms with van der Waals surface area (Å²) in [7, 11) is 1.27. The normalized spacial score (nSPS) is 8.87. The smallest absolute Gasteiger partial charge is 0.327 e. The molecule has 78 valence electrons. The molecule has 15 heavy (non-hydrogen) atoms. The number of isocyanates is 1.